The maximum Gasteiger partial charge on any atom is 0.267 e. The average molecular weight is 280 g/mol. The number of aryl methyl sites for hydroxylation is 1. The molecule has 1 amide bonds. The minimum absolute atomic E-state index is 0.112. The molecule has 2 atom stereocenters. The van der Waals surface area contributed by atoms with Gasteiger partial charge in [0.2, 0.25) is 0 Å². The van der Waals surface area contributed by atoms with Crippen molar-refractivity contribution in [3.05, 3.63) is 10.6 Å². The third-order valence-electron chi connectivity index (χ3n) is 4.34. The molecule has 1 aromatic rings. The Morgan fingerprint density at radius 2 is 2.11 bits per heavy atom. The lowest BCUT2D eigenvalue weighted by Gasteiger charge is -2.37. The molecule has 0 saturated carbocycles. The molecule has 2 saturated heterocycles. The van der Waals surface area contributed by atoms with Crippen LogP contribution in [0, 0.1) is 6.92 Å². The number of carbonyl (C=O) groups excluding carboxylic acids is 1. The molecule has 1 aromatic heterocycles. The van der Waals surface area contributed by atoms with Crippen LogP contribution in [0.5, 0.6) is 0 Å². The Morgan fingerprint density at radius 1 is 1.42 bits per heavy atom. The monoisotopic (exact) mass is 280 g/mol. The van der Waals surface area contributed by atoms with E-state index in [0.29, 0.717) is 23.0 Å². The summed E-state index contributed by atoms with van der Waals surface area (Å²) < 4.78 is 3.88. The Balaban J connectivity index is 1.77. The van der Waals surface area contributed by atoms with Gasteiger partial charge in [-0.3, -0.25) is 4.79 Å². The topological polar surface area (TPSA) is 58.1 Å². The predicted molar refractivity (Wildman–Crippen MR) is 74.3 cm³/mol. The van der Waals surface area contributed by atoms with Gasteiger partial charge in [0.05, 0.1) is 5.69 Å². The van der Waals surface area contributed by atoms with Crippen molar-refractivity contribution in [2.75, 3.05) is 6.54 Å². The predicted octanol–water partition coefficient (Wildman–Crippen LogP) is 1.59. The lowest BCUT2D eigenvalue weighted by Crippen LogP contribution is -2.50. The fourth-order valence-corrected chi connectivity index (χ4v) is 4.02. The number of hydrogen-bond acceptors (Lipinski definition) is 5. The van der Waals surface area contributed by atoms with E-state index in [4.69, 9.17) is 0 Å². The van der Waals surface area contributed by atoms with Crippen LogP contribution in [-0.4, -0.2) is 45.1 Å². The zero-order chi connectivity index (χ0) is 13.4. The first-order valence-corrected chi connectivity index (χ1v) is 7.82. The van der Waals surface area contributed by atoms with Gasteiger partial charge < -0.3 is 10.2 Å². The Hall–Kier alpha value is -1.01. The minimum atomic E-state index is 0.112. The number of amides is 1. The fourth-order valence-electron chi connectivity index (χ4n) is 3.41. The second kappa shape index (κ2) is 5.17. The van der Waals surface area contributed by atoms with Crippen molar-refractivity contribution < 1.29 is 4.79 Å². The molecule has 19 heavy (non-hydrogen) atoms. The van der Waals surface area contributed by atoms with Gasteiger partial charge in [-0.25, -0.2) is 0 Å². The third-order valence-corrected chi connectivity index (χ3v) is 5.15. The van der Waals surface area contributed by atoms with Crippen molar-refractivity contribution in [2.45, 2.75) is 57.7 Å². The molecule has 104 valence electrons. The van der Waals surface area contributed by atoms with E-state index in [1.54, 1.807) is 0 Å². The van der Waals surface area contributed by atoms with Crippen molar-refractivity contribution in [3.8, 4) is 0 Å². The van der Waals surface area contributed by atoms with E-state index >= 15 is 0 Å². The van der Waals surface area contributed by atoms with Gasteiger partial charge in [0.15, 0.2) is 0 Å². The number of aromatic nitrogens is 2. The molecule has 0 aliphatic carbocycles. The number of carbonyl (C=O) groups is 1. The molecule has 2 bridgehead atoms. The summed E-state index contributed by atoms with van der Waals surface area (Å²) in [6.45, 7) is 4.68. The van der Waals surface area contributed by atoms with E-state index < -0.39 is 0 Å². The second-order valence-corrected chi connectivity index (χ2v) is 6.30. The largest absolute Gasteiger partial charge is 0.335 e. The summed E-state index contributed by atoms with van der Waals surface area (Å²) in [4.78, 5) is 15.4. The van der Waals surface area contributed by atoms with Crippen LogP contribution in [-0.2, 0) is 0 Å². The number of nitrogens with one attached hydrogen (secondary N) is 1. The molecular formula is C13H20N4OS. The van der Waals surface area contributed by atoms with Crippen LogP contribution in [0.4, 0.5) is 0 Å². The molecule has 6 heteroatoms. The van der Waals surface area contributed by atoms with Crippen LogP contribution in [0.15, 0.2) is 0 Å². The molecule has 5 nitrogen and oxygen atoms in total. The Kier molecular flexibility index (Phi) is 3.54. The average Bonchev–Trinajstić information content (AvgIpc) is 2.96. The van der Waals surface area contributed by atoms with Gasteiger partial charge in [-0.1, -0.05) is 4.49 Å². The molecule has 2 unspecified atom stereocenters. The number of fused-ring (bicyclic) bond motifs is 2. The lowest BCUT2D eigenvalue weighted by molar-refractivity contribution is 0.0635. The molecule has 2 aliphatic heterocycles. The van der Waals surface area contributed by atoms with Crippen molar-refractivity contribution in [1.82, 2.24) is 19.8 Å². The lowest BCUT2D eigenvalue weighted by atomic mass is 9.98. The molecule has 0 aromatic carbocycles. The maximum absolute atomic E-state index is 12.6. The van der Waals surface area contributed by atoms with Gasteiger partial charge in [-0.2, -0.15) is 0 Å². The van der Waals surface area contributed by atoms with E-state index in [2.05, 4.69) is 21.8 Å². The van der Waals surface area contributed by atoms with E-state index in [0.717, 1.165) is 25.1 Å². The second-order valence-electron chi connectivity index (χ2n) is 5.54. The molecule has 0 radical (unpaired) electrons. The van der Waals surface area contributed by atoms with Crippen molar-refractivity contribution in [3.63, 3.8) is 0 Å². The third kappa shape index (κ3) is 2.39. The molecule has 3 rings (SSSR count). The van der Waals surface area contributed by atoms with Crippen molar-refractivity contribution in [1.29, 1.82) is 0 Å². The minimum Gasteiger partial charge on any atom is -0.335 e. The standard InChI is InChI=1S/C13H20N4OS/c1-3-17(13(18)12-8(2)15-16-19-12)11-6-9-4-5-10(7-11)14-9/h9-11,14H,3-7H2,1-2H3. The SMILES string of the molecule is CCN(C(=O)c1snnc1C)C1CC2CCC(C1)N2. The van der Waals surface area contributed by atoms with Crippen molar-refractivity contribution in [2.24, 2.45) is 0 Å². The maximum atomic E-state index is 12.6. The number of nitrogens with zero attached hydrogens (tertiary/aromatic N) is 3. The number of rotatable bonds is 3. The van der Waals surface area contributed by atoms with Crippen LogP contribution in [0.3, 0.4) is 0 Å². The highest BCUT2D eigenvalue weighted by atomic mass is 32.1. The molecule has 0 spiro atoms. The smallest absolute Gasteiger partial charge is 0.267 e. The molecule has 2 aliphatic rings. The van der Waals surface area contributed by atoms with Crippen LogP contribution >= 0.6 is 11.5 Å². The normalized spacial score (nSPS) is 29.5. The fraction of sp³-hybridized carbons (Fsp3) is 0.769. The van der Waals surface area contributed by atoms with E-state index in [1.807, 2.05) is 11.8 Å². The quantitative estimate of drug-likeness (QED) is 0.913. The summed E-state index contributed by atoms with van der Waals surface area (Å²) in [5.74, 6) is 0.112. The van der Waals surface area contributed by atoms with Gasteiger partial charge in [0.25, 0.3) is 5.91 Å². The Labute approximate surface area is 117 Å². The Morgan fingerprint density at radius 3 is 2.63 bits per heavy atom. The van der Waals surface area contributed by atoms with E-state index in [1.165, 1.54) is 24.4 Å². The zero-order valence-electron chi connectivity index (χ0n) is 11.4. The summed E-state index contributed by atoms with van der Waals surface area (Å²) >= 11 is 1.21. The first-order valence-electron chi connectivity index (χ1n) is 7.05. The van der Waals surface area contributed by atoms with Crippen LogP contribution in [0.1, 0.15) is 48.0 Å². The molecular weight excluding hydrogens is 260 g/mol. The summed E-state index contributed by atoms with van der Waals surface area (Å²) in [5, 5.41) is 7.57. The first-order chi connectivity index (χ1) is 9.19. The van der Waals surface area contributed by atoms with Crippen LogP contribution in [0.25, 0.3) is 0 Å². The molecule has 3 heterocycles. The van der Waals surface area contributed by atoms with E-state index in [9.17, 15) is 4.79 Å². The van der Waals surface area contributed by atoms with Crippen molar-refractivity contribution >= 4 is 17.4 Å². The molecule has 1 N–H and O–H groups in total. The van der Waals surface area contributed by atoms with E-state index in [-0.39, 0.29) is 5.91 Å². The zero-order valence-corrected chi connectivity index (χ0v) is 12.2. The summed E-state index contributed by atoms with van der Waals surface area (Å²) in [6.07, 6.45) is 4.69. The highest BCUT2D eigenvalue weighted by Crippen LogP contribution is 2.30. The number of hydrogen-bond donors (Lipinski definition) is 1. The van der Waals surface area contributed by atoms with Gasteiger partial charge in [-0.05, 0) is 51.1 Å². The van der Waals surface area contributed by atoms with Gasteiger partial charge in [0.1, 0.15) is 4.88 Å². The van der Waals surface area contributed by atoms with Gasteiger partial charge >= 0.3 is 0 Å². The Bertz CT molecular complexity index is 463. The highest BCUT2D eigenvalue weighted by Gasteiger charge is 2.37. The summed E-state index contributed by atoms with van der Waals surface area (Å²) in [5.41, 5.74) is 0.755. The van der Waals surface area contributed by atoms with Gasteiger partial charge in [-0.15, -0.1) is 5.10 Å². The summed E-state index contributed by atoms with van der Waals surface area (Å²) in [6, 6.07) is 1.58. The number of piperidine rings is 1. The molecule has 2 fully saturated rings. The van der Waals surface area contributed by atoms with Crippen LogP contribution < -0.4 is 5.32 Å². The first kappa shape index (κ1) is 13.0. The van der Waals surface area contributed by atoms with Gasteiger partial charge in [0, 0.05) is 24.7 Å². The summed E-state index contributed by atoms with van der Waals surface area (Å²) in [7, 11) is 0. The highest BCUT2D eigenvalue weighted by molar-refractivity contribution is 7.07. The van der Waals surface area contributed by atoms with Crippen LogP contribution in [0.2, 0.25) is 0 Å².